The quantitative estimate of drug-likeness (QED) is 0.449. The lowest BCUT2D eigenvalue weighted by atomic mass is 10.2. The van der Waals surface area contributed by atoms with Gasteiger partial charge in [0.1, 0.15) is 11.8 Å². The number of esters is 1. The summed E-state index contributed by atoms with van der Waals surface area (Å²) in [5.41, 5.74) is -0.125. The van der Waals surface area contributed by atoms with Crippen LogP contribution in [-0.4, -0.2) is 37.3 Å². The molecule has 6 nitrogen and oxygen atoms in total. The summed E-state index contributed by atoms with van der Waals surface area (Å²) >= 11 is 0. The van der Waals surface area contributed by atoms with E-state index in [0.29, 0.717) is 24.0 Å². The predicted molar refractivity (Wildman–Crippen MR) is 104 cm³/mol. The van der Waals surface area contributed by atoms with Crippen LogP contribution in [0.4, 0.5) is 0 Å². The van der Waals surface area contributed by atoms with Gasteiger partial charge in [-0.15, -0.1) is 6.58 Å². The maximum atomic E-state index is 11.6. The Morgan fingerprint density at radius 3 is 2.81 bits per heavy atom. The van der Waals surface area contributed by atoms with Crippen molar-refractivity contribution in [3.8, 4) is 0 Å². The molecule has 0 saturated carbocycles. The summed E-state index contributed by atoms with van der Waals surface area (Å²) in [6.45, 7) is 10.6. The Morgan fingerprint density at radius 1 is 1.46 bits per heavy atom. The summed E-state index contributed by atoms with van der Waals surface area (Å²) in [4.78, 5) is 25.2. The van der Waals surface area contributed by atoms with Gasteiger partial charge in [-0.3, -0.25) is 9.59 Å². The average molecular weight is 360 g/mol. The number of H-pyrrole nitrogens is 1. The summed E-state index contributed by atoms with van der Waals surface area (Å²) in [7, 11) is 1.54. The first kappa shape index (κ1) is 21.4. The molecule has 26 heavy (non-hydrogen) atoms. The molecule has 0 spiro atoms. The van der Waals surface area contributed by atoms with Crippen LogP contribution in [0.2, 0.25) is 0 Å². The largest absolute Gasteiger partial charge is 0.497 e. The van der Waals surface area contributed by atoms with Crippen LogP contribution in [0.5, 0.6) is 0 Å². The number of carbonyl (C=O) groups excluding carboxylic acids is 1. The Hall–Kier alpha value is -2.60. The number of hydrogen-bond acceptors (Lipinski definition) is 5. The van der Waals surface area contributed by atoms with Gasteiger partial charge >= 0.3 is 5.97 Å². The molecule has 1 saturated heterocycles. The van der Waals surface area contributed by atoms with E-state index in [1.807, 2.05) is 13.0 Å². The molecule has 1 aromatic heterocycles. The van der Waals surface area contributed by atoms with E-state index >= 15 is 0 Å². The van der Waals surface area contributed by atoms with Gasteiger partial charge in [0, 0.05) is 11.4 Å². The molecule has 0 amide bonds. The van der Waals surface area contributed by atoms with Crippen LogP contribution < -0.4 is 21.3 Å². The summed E-state index contributed by atoms with van der Waals surface area (Å²) in [6.07, 6.45) is 9.55. The minimum Gasteiger partial charge on any atom is -0.497 e. The first-order valence-corrected chi connectivity index (χ1v) is 8.66. The van der Waals surface area contributed by atoms with E-state index in [1.165, 1.54) is 0 Å². The van der Waals surface area contributed by atoms with E-state index in [4.69, 9.17) is 9.47 Å². The fourth-order valence-electron chi connectivity index (χ4n) is 2.40. The first-order chi connectivity index (χ1) is 12.5. The minimum atomic E-state index is -0.125. The van der Waals surface area contributed by atoms with E-state index in [-0.39, 0.29) is 17.6 Å². The maximum absolute atomic E-state index is 11.6. The number of aromatic nitrogens is 1. The van der Waals surface area contributed by atoms with Crippen molar-refractivity contribution in [3.63, 3.8) is 0 Å². The molecule has 1 aliphatic heterocycles. The summed E-state index contributed by atoms with van der Waals surface area (Å²) in [5.74, 6) is 0.416. The molecule has 1 aromatic rings. The van der Waals surface area contributed by atoms with Gasteiger partial charge in [0.15, 0.2) is 0 Å². The summed E-state index contributed by atoms with van der Waals surface area (Å²) < 4.78 is 9.78. The monoisotopic (exact) mass is 360 g/mol. The second kappa shape index (κ2) is 11.9. The number of nitrogens with one attached hydrogen (secondary N) is 2. The molecule has 0 aliphatic carbocycles. The van der Waals surface area contributed by atoms with Gasteiger partial charge in [-0.25, -0.2) is 0 Å². The van der Waals surface area contributed by atoms with Crippen molar-refractivity contribution in [2.24, 2.45) is 0 Å². The zero-order valence-electron chi connectivity index (χ0n) is 15.5. The number of methoxy groups -OCH3 is 1. The number of rotatable bonds is 6. The Labute approximate surface area is 153 Å². The van der Waals surface area contributed by atoms with Gasteiger partial charge in [-0.05, 0) is 50.1 Å². The van der Waals surface area contributed by atoms with Crippen LogP contribution >= 0.6 is 0 Å². The van der Waals surface area contributed by atoms with Gasteiger partial charge in [-0.2, -0.15) is 0 Å². The summed E-state index contributed by atoms with van der Waals surface area (Å²) in [5, 5.41) is 4.47. The van der Waals surface area contributed by atoms with Crippen molar-refractivity contribution in [2.45, 2.75) is 32.2 Å². The number of pyridine rings is 1. The minimum absolute atomic E-state index is 0.0278. The lowest BCUT2D eigenvalue weighted by Gasteiger charge is -2.07. The molecule has 1 aliphatic rings. The van der Waals surface area contributed by atoms with Gasteiger partial charge in [0.05, 0.1) is 13.7 Å². The molecule has 2 rings (SSSR count). The van der Waals surface area contributed by atoms with E-state index < -0.39 is 0 Å². The van der Waals surface area contributed by atoms with Gasteiger partial charge < -0.3 is 19.8 Å². The third kappa shape index (κ3) is 7.11. The number of carbonyl (C=O) groups is 1. The Morgan fingerprint density at radius 2 is 2.23 bits per heavy atom. The molecular weight excluding hydrogens is 332 g/mol. The normalized spacial score (nSPS) is 17.2. The molecule has 0 aromatic carbocycles. The van der Waals surface area contributed by atoms with Crippen LogP contribution in [-0.2, 0) is 14.3 Å². The van der Waals surface area contributed by atoms with Crippen LogP contribution in [0.15, 0.2) is 42.1 Å². The van der Waals surface area contributed by atoms with Crippen molar-refractivity contribution in [3.05, 3.63) is 58.0 Å². The van der Waals surface area contributed by atoms with E-state index in [2.05, 4.69) is 23.5 Å². The van der Waals surface area contributed by atoms with Crippen molar-refractivity contribution in [2.75, 3.05) is 20.3 Å². The maximum Gasteiger partial charge on any atom is 0.323 e. The predicted octanol–water partition coefficient (Wildman–Crippen LogP) is 0.974. The van der Waals surface area contributed by atoms with E-state index in [9.17, 15) is 9.59 Å². The third-order valence-corrected chi connectivity index (χ3v) is 3.73. The Bertz CT molecular complexity index is 774. The molecule has 1 fully saturated rings. The fourth-order valence-corrected chi connectivity index (χ4v) is 2.40. The number of hydrogen-bond donors (Lipinski definition) is 2. The highest BCUT2D eigenvalue weighted by molar-refractivity contribution is 5.76. The third-order valence-electron chi connectivity index (χ3n) is 3.73. The molecule has 142 valence electrons. The van der Waals surface area contributed by atoms with Crippen LogP contribution in [0, 0.1) is 0 Å². The lowest BCUT2D eigenvalue weighted by Crippen LogP contribution is -2.40. The second-order valence-electron chi connectivity index (χ2n) is 5.62. The molecule has 6 heteroatoms. The first-order valence-electron chi connectivity index (χ1n) is 8.66. The molecule has 2 heterocycles. The highest BCUT2D eigenvalue weighted by atomic mass is 16.5. The zero-order chi connectivity index (χ0) is 19.4. The highest BCUT2D eigenvalue weighted by Crippen LogP contribution is 2.05. The molecule has 1 unspecified atom stereocenters. The lowest BCUT2D eigenvalue weighted by molar-refractivity contribution is -0.145. The molecule has 0 bridgehead atoms. The van der Waals surface area contributed by atoms with Gasteiger partial charge in [0.25, 0.3) is 5.56 Å². The standard InChI is InChI=1S/C13H15NO2.C7H13NO2/c1-4-5-6-12-11(9-10(2)16-3)7-8-14-13(12)15;1-2-10-7(9)6-4-3-5-8-6/h4,6-9H,1-2,5H2,3H3,(H,14,15);6,8H,2-5H2,1H3/b11-9-,12-6+;. The summed E-state index contributed by atoms with van der Waals surface area (Å²) in [6, 6.07) is 1.78. The number of ether oxygens (including phenoxy) is 2. The Kier molecular flexibility index (Phi) is 9.79. The van der Waals surface area contributed by atoms with Crippen LogP contribution in [0.1, 0.15) is 26.2 Å². The molecule has 1 atom stereocenters. The number of allylic oxidation sites excluding steroid dienone is 2. The second-order valence-corrected chi connectivity index (χ2v) is 5.62. The van der Waals surface area contributed by atoms with Crippen molar-refractivity contribution in [1.82, 2.24) is 10.3 Å². The Balaban J connectivity index is 0.000000289. The van der Waals surface area contributed by atoms with Crippen molar-refractivity contribution < 1.29 is 14.3 Å². The van der Waals surface area contributed by atoms with E-state index in [0.717, 1.165) is 24.6 Å². The topological polar surface area (TPSA) is 80.4 Å². The number of aromatic amines is 1. The molecule has 0 radical (unpaired) electrons. The SMILES string of the molecule is C=CC/C=c1/c(=O)[nH]cc/c1=C/C(=C)OC.CCOC(=O)C1CCCN1. The zero-order valence-corrected chi connectivity index (χ0v) is 15.5. The fraction of sp³-hybridized carbons (Fsp3) is 0.400. The van der Waals surface area contributed by atoms with Crippen molar-refractivity contribution in [1.29, 1.82) is 0 Å². The van der Waals surface area contributed by atoms with Gasteiger partial charge in [0.2, 0.25) is 0 Å². The van der Waals surface area contributed by atoms with Crippen LogP contribution in [0.3, 0.4) is 0 Å². The highest BCUT2D eigenvalue weighted by Gasteiger charge is 2.22. The smallest absolute Gasteiger partial charge is 0.323 e. The average Bonchev–Trinajstić information content (AvgIpc) is 3.17. The van der Waals surface area contributed by atoms with Gasteiger partial charge in [-0.1, -0.05) is 18.7 Å². The van der Waals surface area contributed by atoms with E-state index in [1.54, 1.807) is 31.5 Å². The van der Waals surface area contributed by atoms with Crippen LogP contribution in [0.25, 0.3) is 12.2 Å². The molecular formula is C20H28N2O4. The molecule has 2 N–H and O–H groups in total. The van der Waals surface area contributed by atoms with Crippen molar-refractivity contribution >= 4 is 18.1 Å².